The van der Waals surface area contributed by atoms with Crippen molar-refractivity contribution in [1.82, 2.24) is 24.8 Å². The number of aromatic nitrogens is 4. The first kappa shape index (κ1) is 26.6. The van der Waals surface area contributed by atoms with Crippen LogP contribution in [0.15, 0.2) is 73.1 Å². The Morgan fingerprint density at radius 2 is 1.75 bits per heavy atom. The molecule has 11 heteroatoms. The minimum atomic E-state index is -0.400. The lowest BCUT2D eigenvalue weighted by Gasteiger charge is -2.22. The third-order valence-corrected chi connectivity index (χ3v) is 6.60. The van der Waals surface area contributed by atoms with Gasteiger partial charge in [-0.25, -0.2) is 9.97 Å². The highest BCUT2D eigenvalue weighted by molar-refractivity contribution is 6.02. The summed E-state index contributed by atoms with van der Waals surface area (Å²) in [4.78, 5) is 32.5. The summed E-state index contributed by atoms with van der Waals surface area (Å²) in [5.74, 6) is 1.12. The zero-order chi connectivity index (χ0) is 28.2. The summed E-state index contributed by atoms with van der Waals surface area (Å²) in [5.41, 5.74) is 4.45. The monoisotopic (exact) mass is 538 g/mol. The maximum atomic E-state index is 12.0. The van der Waals surface area contributed by atoms with E-state index < -0.39 is 4.92 Å². The first-order valence-corrected chi connectivity index (χ1v) is 12.7. The molecule has 2 aromatic heterocycles. The molecule has 0 aliphatic heterocycles. The molecule has 2 N–H and O–H groups in total. The zero-order valence-electron chi connectivity index (χ0n) is 22.8. The SMILES string of the molecule is COc1cc(N(C)CCN(C)C)c([N+](=O)[O-])cc1Nc1ncnc(-c2c(-c3ccccc3)[nH]c3ccccc23)n1. The Kier molecular flexibility index (Phi) is 7.56. The Labute approximate surface area is 231 Å². The first-order chi connectivity index (χ1) is 19.4. The lowest BCUT2D eigenvalue weighted by atomic mass is 10.0. The van der Waals surface area contributed by atoms with Crippen molar-refractivity contribution in [1.29, 1.82) is 0 Å². The maximum absolute atomic E-state index is 12.0. The fraction of sp³-hybridized carbons (Fsp3) is 0.207. The molecule has 5 rings (SSSR count). The number of H-pyrrole nitrogens is 1. The number of aromatic amines is 1. The van der Waals surface area contributed by atoms with Crippen LogP contribution in [-0.4, -0.2) is 71.1 Å². The highest BCUT2D eigenvalue weighted by Gasteiger charge is 2.23. The van der Waals surface area contributed by atoms with E-state index in [1.807, 2.05) is 85.5 Å². The van der Waals surface area contributed by atoms with E-state index in [0.717, 1.165) is 34.3 Å². The first-order valence-electron chi connectivity index (χ1n) is 12.7. The molecular weight excluding hydrogens is 508 g/mol. The molecule has 0 spiro atoms. The second kappa shape index (κ2) is 11.4. The van der Waals surface area contributed by atoms with Crippen LogP contribution in [0.4, 0.5) is 23.0 Å². The topological polar surface area (TPSA) is 125 Å². The molecule has 0 saturated heterocycles. The van der Waals surface area contributed by atoms with Crippen LogP contribution in [0.5, 0.6) is 5.75 Å². The number of benzene rings is 3. The van der Waals surface area contributed by atoms with Crippen molar-refractivity contribution in [3.63, 3.8) is 0 Å². The molecular formula is C29H30N8O3. The summed E-state index contributed by atoms with van der Waals surface area (Å²) in [6.07, 6.45) is 1.42. The lowest BCUT2D eigenvalue weighted by molar-refractivity contribution is -0.384. The van der Waals surface area contributed by atoms with Crippen molar-refractivity contribution in [3.05, 3.63) is 83.2 Å². The number of nitrogens with zero attached hydrogens (tertiary/aromatic N) is 6. The van der Waals surface area contributed by atoms with E-state index >= 15 is 0 Å². The molecule has 2 heterocycles. The Hall–Kier alpha value is -5.03. The molecule has 3 aromatic carbocycles. The average Bonchev–Trinajstić information content (AvgIpc) is 3.36. The largest absolute Gasteiger partial charge is 0.494 e. The second-order valence-electron chi connectivity index (χ2n) is 9.57. The highest BCUT2D eigenvalue weighted by Crippen LogP contribution is 2.40. The van der Waals surface area contributed by atoms with Crippen LogP contribution in [0.2, 0.25) is 0 Å². The van der Waals surface area contributed by atoms with Gasteiger partial charge in [-0.15, -0.1) is 0 Å². The molecule has 0 unspecified atom stereocenters. The molecule has 0 bridgehead atoms. The Morgan fingerprint density at radius 1 is 1.00 bits per heavy atom. The number of fused-ring (bicyclic) bond motifs is 1. The molecule has 0 atom stereocenters. The van der Waals surface area contributed by atoms with Crippen molar-refractivity contribution in [2.75, 3.05) is 51.6 Å². The number of hydrogen-bond acceptors (Lipinski definition) is 9. The number of nitro groups is 1. The van der Waals surface area contributed by atoms with Gasteiger partial charge in [-0.2, -0.15) is 4.98 Å². The lowest BCUT2D eigenvalue weighted by Crippen LogP contribution is -2.28. The summed E-state index contributed by atoms with van der Waals surface area (Å²) >= 11 is 0. The normalized spacial score (nSPS) is 11.1. The van der Waals surface area contributed by atoms with Gasteiger partial charge in [0.2, 0.25) is 5.95 Å². The summed E-state index contributed by atoms with van der Waals surface area (Å²) in [5, 5.41) is 16.1. The Bertz CT molecular complexity index is 1650. The minimum Gasteiger partial charge on any atom is -0.494 e. The second-order valence-corrected chi connectivity index (χ2v) is 9.57. The third-order valence-electron chi connectivity index (χ3n) is 6.60. The molecule has 0 amide bonds. The molecule has 0 aliphatic rings. The van der Waals surface area contributed by atoms with Gasteiger partial charge < -0.3 is 24.8 Å². The molecule has 0 fully saturated rings. The van der Waals surface area contributed by atoms with Gasteiger partial charge in [0.05, 0.1) is 29.0 Å². The summed E-state index contributed by atoms with van der Waals surface area (Å²) in [7, 11) is 7.25. The van der Waals surface area contributed by atoms with Crippen LogP contribution >= 0.6 is 0 Å². The number of methoxy groups -OCH3 is 1. The Morgan fingerprint density at radius 3 is 2.48 bits per heavy atom. The van der Waals surface area contributed by atoms with Crippen LogP contribution in [0.3, 0.4) is 0 Å². The van der Waals surface area contributed by atoms with Gasteiger partial charge in [-0.1, -0.05) is 48.5 Å². The number of nitro benzene ring substituents is 1. The van der Waals surface area contributed by atoms with Crippen molar-refractivity contribution >= 4 is 33.9 Å². The van der Waals surface area contributed by atoms with Crippen molar-refractivity contribution in [3.8, 4) is 28.4 Å². The van der Waals surface area contributed by atoms with E-state index in [9.17, 15) is 10.1 Å². The van der Waals surface area contributed by atoms with Crippen LogP contribution in [0.25, 0.3) is 33.5 Å². The number of nitrogens with one attached hydrogen (secondary N) is 2. The van der Waals surface area contributed by atoms with Gasteiger partial charge in [0.1, 0.15) is 17.8 Å². The fourth-order valence-corrected chi connectivity index (χ4v) is 4.54. The van der Waals surface area contributed by atoms with Gasteiger partial charge in [-0.05, 0) is 25.7 Å². The van der Waals surface area contributed by atoms with E-state index in [2.05, 4.69) is 20.3 Å². The number of rotatable bonds is 10. The summed E-state index contributed by atoms with van der Waals surface area (Å²) in [6, 6.07) is 21.0. The van der Waals surface area contributed by atoms with Crippen molar-refractivity contribution in [2.45, 2.75) is 0 Å². The van der Waals surface area contributed by atoms with Crippen LogP contribution in [0.1, 0.15) is 0 Å². The van der Waals surface area contributed by atoms with Gasteiger partial charge >= 0.3 is 0 Å². The minimum absolute atomic E-state index is 0.0539. The maximum Gasteiger partial charge on any atom is 0.294 e. The highest BCUT2D eigenvalue weighted by atomic mass is 16.6. The Balaban J connectivity index is 1.55. The molecule has 11 nitrogen and oxygen atoms in total. The quantitative estimate of drug-likeness (QED) is 0.179. The van der Waals surface area contributed by atoms with Crippen LogP contribution in [-0.2, 0) is 0 Å². The molecule has 204 valence electrons. The number of ether oxygens (including phenoxy) is 1. The smallest absolute Gasteiger partial charge is 0.294 e. The number of anilines is 3. The van der Waals surface area contributed by atoms with Crippen molar-refractivity contribution in [2.24, 2.45) is 0 Å². The number of hydrogen-bond donors (Lipinski definition) is 2. The predicted molar refractivity (Wildman–Crippen MR) is 157 cm³/mol. The molecule has 40 heavy (non-hydrogen) atoms. The molecule has 0 radical (unpaired) electrons. The van der Waals surface area contributed by atoms with Crippen LogP contribution < -0.4 is 15.0 Å². The standard InChI is InChI=1S/C29H30N8O3/c1-35(2)14-15-36(3)23-17-25(40-4)22(16-24(23)37(38)39)33-29-31-18-30-28(34-29)26-20-12-8-9-13-21(20)32-27(26)19-10-6-5-7-11-19/h5-13,16-18,32H,14-15H2,1-4H3,(H,30,31,33,34). The summed E-state index contributed by atoms with van der Waals surface area (Å²) < 4.78 is 5.61. The van der Waals surface area contributed by atoms with Gasteiger partial charge in [0, 0.05) is 43.2 Å². The van der Waals surface area contributed by atoms with E-state index in [4.69, 9.17) is 9.72 Å². The van der Waals surface area contributed by atoms with E-state index in [1.54, 1.807) is 6.07 Å². The van der Waals surface area contributed by atoms with E-state index in [0.29, 0.717) is 29.5 Å². The van der Waals surface area contributed by atoms with Crippen LogP contribution in [0, 0.1) is 10.1 Å². The summed E-state index contributed by atoms with van der Waals surface area (Å²) in [6.45, 7) is 1.34. The van der Waals surface area contributed by atoms with E-state index in [1.165, 1.54) is 19.5 Å². The number of para-hydroxylation sites is 1. The van der Waals surface area contributed by atoms with E-state index in [-0.39, 0.29) is 11.6 Å². The third kappa shape index (κ3) is 5.40. The molecule has 0 saturated carbocycles. The van der Waals surface area contributed by atoms with Crippen molar-refractivity contribution < 1.29 is 9.66 Å². The molecule has 0 aliphatic carbocycles. The van der Waals surface area contributed by atoms with Gasteiger partial charge in [-0.3, -0.25) is 10.1 Å². The average molecular weight is 539 g/mol. The fourth-order valence-electron chi connectivity index (χ4n) is 4.54. The predicted octanol–water partition coefficient (Wildman–Crippen LogP) is 5.35. The van der Waals surface area contributed by atoms with Gasteiger partial charge in [0.15, 0.2) is 5.82 Å². The van der Waals surface area contributed by atoms with Gasteiger partial charge in [0.25, 0.3) is 5.69 Å². The molecule has 5 aromatic rings. The zero-order valence-corrected chi connectivity index (χ0v) is 22.8. The number of likely N-dealkylation sites (N-methyl/N-ethyl adjacent to an activating group) is 2.